The minimum absolute atomic E-state index is 0.00896. The van der Waals surface area contributed by atoms with E-state index >= 15 is 0 Å². The van der Waals surface area contributed by atoms with Gasteiger partial charge in [-0.2, -0.15) is 10.5 Å². The van der Waals surface area contributed by atoms with E-state index in [4.69, 9.17) is 62.6 Å². The van der Waals surface area contributed by atoms with Gasteiger partial charge in [0.25, 0.3) is 0 Å². The molecule has 0 spiro atoms. The first-order chi connectivity index (χ1) is 47.0. The molecule has 522 valence electrons. The van der Waals surface area contributed by atoms with Crippen LogP contribution in [0.15, 0.2) is 37.4 Å². The number of likely N-dealkylation sites (N-methyl/N-ethyl adjacent to an activating group) is 2. The lowest BCUT2D eigenvalue weighted by Gasteiger charge is -2.60. The predicted octanol–water partition coefficient (Wildman–Crippen LogP) is 5.38. The number of nitrogens with zero attached hydrogens (tertiary/aromatic N) is 6. The maximum absolute atomic E-state index is 13.4. The number of benzene rings is 4. The predicted molar refractivity (Wildman–Crippen MR) is 354 cm³/mol. The Morgan fingerprint density at radius 3 is 1.56 bits per heavy atom. The van der Waals surface area contributed by atoms with Gasteiger partial charge in [-0.3, -0.25) is 29.2 Å². The van der Waals surface area contributed by atoms with Crippen molar-refractivity contribution in [1.29, 1.82) is 10.5 Å². The fraction of sp³-hybridized carbons (Fsp3) is 0.507. The molecule has 29 heteroatoms. The zero-order valence-electron chi connectivity index (χ0n) is 57.2. The number of nitrogens with one attached hydrogen (secondary N) is 3. The van der Waals surface area contributed by atoms with Gasteiger partial charge in [0.15, 0.2) is 52.8 Å². The summed E-state index contributed by atoms with van der Waals surface area (Å²) in [6.07, 6.45) is 2.76. The van der Waals surface area contributed by atoms with E-state index in [9.17, 15) is 39.8 Å². The number of fused-ring (bicyclic) bond motifs is 18. The lowest BCUT2D eigenvalue weighted by atomic mass is 9.71. The van der Waals surface area contributed by atoms with Crippen LogP contribution >= 0.6 is 0 Å². The molecule has 4 aromatic carbocycles. The van der Waals surface area contributed by atoms with Crippen molar-refractivity contribution in [2.24, 2.45) is 5.73 Å². The SMILES string of the molecule is C=CCOC(=O)Oc1c(C)c2c(c3c1CC1[C@H]4c5c(cc(C)c(OC)c5O)C[C@@H]([C@H](C#N)N1[C@H]3CNC(=O)[C@H](C)N)N4C)OCO2.C=CCOC(=O)Oc1c(C)c2c(c3c1CC1[C@H]4c5c(cc(C)c(OC)c5OCOC)C[C@@H]([C@H](C#N)N1[C@H]3CNC(=O)[C@H](C)NB(C)O)N4C)OCO2. The third-order valence-electron chi connectivity index (χ3n) is 20.1. The highest BCUT2D eigenvalue weighted by Crippen LogP contribution is 2.61. The van der Waals surface area contributed by atoms with E-state index in [1.54, 1.807) is 41.9 Å². The molecule has 2 fully saturated rings. The van der Waals surface area contributed by atoms with Gasteiger partial charge in [0.1, 0.15) is 36.8 Å². The number of amides is 2. The largest absolute Gasteiger partial charge is 0.514 e. The Hall–Kier alpha value is -9.04. The van der Waals surface area contributed by atoms with Crippen molar-refractivity contribution >= 4 is 31.2 Å². The molecule has 8 aliphatic rings. The number of carbonyl (C=O) groups excluding carboxylic acids is 4. The number of nitriles is 2. The van der Waals surface area contributed by atoms with Gasteiger partial charge >= 0.3 is 19.4 Å². The molecule has 28 nitrogen and oxygen atoms in total. The van der Waals surface area contributed by atoms with Crippen LogP contribution in [0.2, 0.25) is 6.82 Å². The second-order valence-corrected chi connectivity index (χ2v) is 25.8. The summed E-state index contributed by atoms with van der Waals surface area (Å²) in [5.74, 6) is 3.18. The van der Waals surface area contributed by atoms with E-state index in [2.05, 4.69) is 66.8 Å². The van der Waals surface area contributed by atoms with Gasteiger partial charge in [-0.15, -0.1) is 0 Å². The average molecular weight is 1350 g/mol. The van der Waals surface area contributed by atoms with Crippen molar-refractivity contribution in [3.63, 3.8) is 0 Å². The highest BCUT2D eigenvalue weighted by atomic mass is 16.7. The number of nitrogens with two attached hydrogens (primary N) is 1. The number of hydrogen-bond donors (Lipinski definition) is 6. The van der Waals surface area contributed by atoms with Gasteiger partial charge in [-0.05, 0) is 110 Å². The first-order valence-electron chi connectivity index (χ1n) is 32.6. The third-order valence-corrected chi connectivity index (χ3v) is 20.1. The number of carbonyl (C=O) groups is 4. The minimum Gasteiger partial charge on any atom is -0.504 e. The first kappa shape index (κ1) is 70.3. The van der Waals surface area contributed by atoms with Crippen molar-refractivity contribution in [3.8, 4) is 69.6 Å². The quantitative estimate of drug-likeness (QED) is 0.0225. The highest BCUT2D eigenvalue weighted by molar-refractivity contribution is 6.46. The van der Waals surface area contributed by atoms with Crippen LogP contribution in [0.1, 0.15) is 105 Å². The number of ether oxygens (including phenoxy) is 12. The van der Waals surface area contributed by atoms with E-state index in [1.807, 2.05) is 34.0 Å². The highest BCUT2D eigenvalue weighted by Gasteiger charge is 2.59. The van der Waals surface area contributed by atoms with E-state index in [1.165, 1.54) is 26.1 Å². The number of phenols is 1. The number of methoxy groups -OCH3 is 3. The Labute approximate surface area is 569 Å². The first-order valence-corrected chi connectivity index (χ1v) is 32.6. The number of piperazine rings is 2. The normalized spacial score (nSPS) is 24.0. The number of hydrogen-bond acceptors (Lipinski definition) is 26. The maximum atomic E-state index is 13.4. The summed E-state index contributed by atoms with van der Waals surface area (Å²) in [7, 11) is 7.75. The zero-order valence-corrected chi connectivity index (χ0v) is 57.2. The van der Waals surface area contributed by atoms with Crippen molar-refractivity contribution < 1.29 is 86.2 Å². The molecular weight excluding hydrogens is 1270 g/mol. The fourth-order valence-electron chi connectivity index (χ4n) is 16.2. The molecule has 0 aliphatic carbocycles. The Bertz CT molecular complexity index is 3930. The van der Waals surface area contributed by atoms with Crippen molar-refractivity contribution in [2.75, 3.05) is 82.1 Å². The number of aromatic hydroxyl groups is 1. The molecule has 2 amide bonds. The molecule has 2 unspecified atom stereocenters. The molecule has 4 bridgehead atoms. The van der Waals surface area contributed by atoms with Gasteiger partial charge in [-0.1, -0.05) is 37.4 Å². The monoisotopic (exact) mass is 1350 g/mol. The van der Waals surface area contributed by atoms with Crippen LogP contribution in [0.5, 0.6) is 57.5 Å². The van der Waals surface area contributed by atoms with Crippen LogP contribution in [-0.4, -0.2) is 191 Å². The van der Waals surface area contributed by atoms with Crippen LogP contribution in [0.25, 0.3) is 0 Å². The Morgan fingerprint density at radius 2 is 1.12 bits per heavy atom. The lowest BCUT2D eigenvalue weighted by molar-refractivity contribution is -0.124. The van der Waals surface area contributed by atoms with Crippen LogP contribution in [0.4, 0.5) is 9.59 Å². The van der Waals surface area contributed by atoms with E-state index < -0.39 is 67.7 Å². The van der Waals surface area contributed by atoms with Crippen LogP contribution in [-0.2, 0) is 49.5 Å². The summed E-state index contributed by atoms with van der Waals surface area (Å²) in [5.41, 5.74) is 15.0. The Kier molecular flexibility index (Phi) is 20.7. The van der Waals surface area contributed by atoms with Gasteiger partial charge in [0.2, 0.25) is 25.4 Å². The van der Waals surface area contributed by atoms with Gasteiger partial charge in [0, 0.05) is 88.9 Å². The van der Waals surface area contributed by atoms with E-state index in [0.717, 1.165) is 33.4 Å². The van der Waals surface area contributed by atoms with Crippen LogP contribution < -0.4 is 64.2 Å². The van der Waals surface area contributed by atoms with Crippen LogP contribution in [0.3, 0.4) is 0 Å². The van der Waals surface area contributed by atoms with Crippen molar-refractivity contribution in [3.05, 3.63) is 104 Å². The average Bonchev–Trinajstić information content (AvgIpc) is 0.878. The number of phenolic OH excluding ortho intramolecular Hbond substituents is 1. The summed E-state index contributed by atoms with van der Waals surface area (Å²) in [6, 6.07) is 3.29. The topological polar surface area (TPSA) is 342 Å². The fourth-order valence-corrected chi connectivity index (χ4v) is 16.2. The second kappa shape index (κ2) is 28.8. The Morgan fingerprint density at radius 1 is 0.673 bits per heavy atom. The summed E-state index contributed by atoms with van der Waals surface area (Å²) >= 11 is 0. The molecule has 12 rings (SSSR count). The molecule has 8 aliphatic heterocycles. The molecule has 0 radical (unpaired) electrons. The molecule has 7 N–H and O–H groups in total. The zero-order chi connectivity index (χ0) is 70.5. The van der Waals surface area contributed by atoms with E-state index in [0.29, 0.717) is 99.3 Å². The molecule has 12 atom stereocenters. The Balaban J connectivity index is 0.000000200. The summed E-state index contributed by atoms with van der Waals surface area (Å²) in [6.45, 7) is 19.4. The summed E-state index contributed by atoms with van der Waals surface area (Å²) in [4.78, 5) is 60.8. The second-order valence-electron chi connectivity index (χ2n) is 25.8. The molecule has 8 heterocycles. The molecule has 98 heavy (non-hydrogen) atoms. The molecule has 0 aromatic heterocycles. The molecule has 4 aromatic rings. The minimum atomic E-state index is -0.913. The van der Waals surface area contributed by atoms with Gasteiger partial charge in [0.05, 0.1) is 62.6 Å². The lowest BCUT2D eigenvalue weighted by Crippen LogP contribution is -2.69. The molecule has 2 saturated heterocycles. The number of rotatable bonds is 19. The number of aryl methyl sites for hydroxylation is 2. The smallest absolute Gasteiger partial charge is 0.504 e. The third kappa shape index (κ3) is 12.3. The van der Waals surface area contributed by atoms with Gasteiger partial charge in [-0.25, -0.2) is 9.59 Å². The maximum Gasteiger partial charge on any atom is 0.514 e. The van der Waals surface area contributed by atoms with Crippen molar-refractivity contribution in [2.45, 2.75) is 147 Å². The van der Waals surface area contributed by atoms with Gasteiger partial charge < -0.3 is 88.6 Å². The van der Waals surface area contributed by atoms with Crippen molar-refractivity contribution in [1.82, 2.24) is 35.5 Å². The van der Waals surface area contributed by atoms with E-state index in [-0.39, 0.29) is 99.9 Å². The summed E-state index contributed by atoms with van der Waals surface area (Å²) < 4.78 is 69.4. The standard InChI is InChI=1S/C36H46BN5O10.C33H39N5O8/c1-9-10-48-36(44)52-31-19(3)32-34(51-17-50-32)28-22(31)13-24-29-27-21(11-18(2)30(47-8)33(27)49-16-46-7)12-23(41(29)6)25(14-38)42(24)26(28)15-39-35(43)20(4)40-37(5)45;1-7-8-43-33(41)46-29-16(3)30-31(45-14-44-30)25-19(29)11-21-26-24-18(9-15(2)28(42-6)27(24)39)10-20(37(26)5)22(12-34)38(21)23(25)13-36-32(40)17(4)35/h9,11,20,23-26,29,40,45H,1,10,12-13,15-17H2,2-8H3,(H,39,43);7,9,17,20-23,26,39H,1,8,10-11,13-14,35H2,2-6H3,(H,36,40)/t20-,23-,24?,25-,26-,29-;17-,20-,21?,22-,23-,26-/m00/s1. The molecular formula is C69H85BN10O18. The van der Waals surface area contributed by atoms with Crippen LogP contribution in [0, 0.1) is 50.4 Å². The molecule has 0 saturated carbocycles. The summed E-state index contributed by atoms with van der Waals surface area (Å²) in [5, 5.41) is 52.1.